The molecule has 0 amide bonds. The lowest BCUT2D eigenvalue weighted by Gasteiger charge is -2.27. The van der Waals surface area contributed by atoms with Gasteiger partial charge in [-0.25, -0.2) is 0 Å². The fourth-order valence-electron chi connectivity index (χ4n) is 1.95. The molecule has 2 N–H and O–H groups in total. The number of aromatic nitrogens is 1. The predicted octanol–water partition coefficient (Wildman–Crippen LogP) is 2.26. The van der Waals surface area contributed by atoms with E-state index >= 15 is 0 Å². The van der Waals surface area contributed by atoms with E-state index in [-0.39, 0.29) is 12.1 Å². The lowest BCUT2D eigenvalue weighted by Crippen LogP contribution is -2.36. The largest absolute Gasteiger partial charge is 0.395 e. The van der Waals surface area contributed by atoms with Gasteiger partial charge in [0.15, 0.2) is 0 Å². The summed E-state index contributed by atoms with van der Waals surface area (Å²) in [6.45, 7) is 14.4. The van der Waals surface area contributed by atoms with Gasteiger partial charge in [0.25, 0.3) is 0 Å². The smallest absolute Gasteiger partial charge is 0.0606 e. The van der Waals surface area contributed by atoms with Crippen molar-refractivity contribution in [2.75, 3.05) is 24.6 Å². The predicted molar refractivity (Wildman–Crippen MR) is 85.1 cm³/mol. The van der Waals surface area contributed by atoms with Crippen molar-refractivity contribution in [1.29, 1.82) is 0 Å². The Morgan fingerprint density at radius 2 is 2.15 bits per heavy atom. The maximum absolute atomic E-state index is 9.24. The van der Waals surface area contributed by atoms with E-state index < -0.39 is 0 Å². The van der Waals surface area contributed by atoms with E-state index in [0.29, 0.717) is 13.1 Å². The zero-order valence-corrected chi connectivity index (χ0v) is 13.1. The Hall–Kier alpha value is -1.39. The molecule has 0 aromatic carbocycles. The van der Waals surface area contributed by atoms with Gasteiger partial charge >= 0.3 is 0 Å². The standard InChI is InChI=1S/C16H27N3O/c1-6-7-19(8-9-20)15-10-13(2)17-11-14(15)12-18-16(3,4)5/h6,10-11,18,20H,1,7-9,12H2,2-5H3. The second kappa shape index (κ2) is 7.41. The van der Waals surface area contributed by atoms with Gasteiger partial charge in [0, 0.05) is 48.3 Å². The summed E-state index contributed by atoms with van der Waals surface area (Å²) in [5, 5.41) is 12.7. The van der Waals surface area contributed by atoms with Gasteiger partial charge in [-0.05, 0) is 33.8 Å². The summed E-state index contributed by atoms with van der Waals surface area (Å²) in [6, 6.07) is 2.07. The second-order valence-electron chi connectivity index (χ2n) is 6.02. The van der Waals surface area contributed by atoms with Gasteiger partial charge in [0.2, 0.25) is 0 Å². The molecule has 4 nitrogen and oxygen atoms in total. The Morgan fingerprint density at radius 3 is 2.70 bits per heavy atom. The first-order valence-electron chi connectivity index (χ1n) is 7.04. The van der Waals surface area contributed by atoms with Crippen molar-refractivity contribution in [3.8, 4) is 0 Å². The van der Waals surface area contributed by atoms with Crippen LogP contribution in [0.4, 0.5) is 5.69 Å². The normalized spacial score (nSPS) is 11.4. The summed E-state index contributed by atoms with van der Waals surface area (Å²) in [5.41, 5.74) is 3.29. The van der Waals surface area contributed by atoms with E-state index in [4.69, 9.17) is 0 Å². The average molecular weight is 277 g/mol. The third kappa shape index (κ3) is 5.31. The minimum absolute atomic E-state index is 0.0579. The zero-order chi connectivity index (χ0) is 15.2. The number of hydrogen-bond acceptors (Lipinski definition) is 4. The Bertz CT molecular complexity index is 438. The Morgan fingerprint density at radius 1 is 1.45 bits per heavy atom. The molecule has 0 fully saturated rings. The Kier molecular flexibility index (Phi) is 6.17. The van der Waals surface area contributed by atoms with Gasteiger partial charge in [-0.15, -0.1) is 6.58 Å². The molecule has 0 aliphatic rings. The second-order valence-corrected chi connectivity index (χ2v) is 6.02. The molecule has 1 aromatic rings. The number of rotatable bonds is 7. The number of aliphatic hydroxyl groups excluding tert-OH is 1. The minimum Gasteiger partial charge on any atom is -0.395 e. The lowest BCUT2D eigenvalue weighted by molar-refractivity contribution is 0.303. The summed E-state index contributed by atoms with van der Waals surface area (Å²) >= 11 is 0. The summed E-state index contributed by atoms with van der Waals surface area (Å²) in [4.78, 5) is 6.51. The number of pyridine rings is 1. The lowest BCUT2D eigenvalue weighted by atomic mass is 10.1. The first kappa shape index (κ1) is 16.7. The Balaban J connectivity index is 3.01. The van der Waals surface area contributed by atoms with E-state index in [1.54, 1.807) is 0 Å². The fraction of sp³-hybridized carbons (Fsp3) is 0.562. The van der Waals surface area contributed by atoms with Gasteiger partial charge in [0.05, 0.1) is 6.61 Å². The van der Waals surface area contributed by atoms with Crippen LogP contribution in [0.3, 0.4) is 0 Å². The highest BCUT2D eigenvalue weighted by Crippen LogP contribution is 2.21. The van der Waals surface area contributed by atoms with Gasteiger partial charge in [0.1, 0.15) is 0 Å². The summed E-state index contributed by atoms with van der Waals surface area (Å²) < 4.78 is 0. The van der Waals surface area contributed by atoms with Crippen LogP contribution in [0.15, 0.2) is 24.9 Å². The molecule has 20 heavy (non-hydrogen) atoms. The van der Waals surface area contributed by atoms with Crippen LogP contribution in [-0.4, -0.2) is 35.3 Å². The molecule has 1 rings (SSSR count). The molecule has 0 aliphatic carbocycles. The van der Waals surface area contributed by atoms with E-state index in [2.05, 4.69) is 48.6 Å². The number of nitrogens with one attached hydrogen (secondary N) is 1. The number of aryl methyl sites for hydroxylation is 1. The zero-order valence-electron chi connectivity index (χ0n) is 13.1. The fourth-order valence-corrected chi connectivity index (χ4v) is 1.95. The molecule has 0 saturated carbocycles. The van der Waals surface area contributed by atoms with Gasteiger partial charge in [-0.2, -0.15) is 0 Å². The topological polar surface area (TPSA) is 48.4 Å². The molecule has 0 unspecified atom stereocenters. The quantitative estimate of drug-likeness (QED) is 0.751. The van der Waals surface area contributed by atoms with E-state index in [0.717, 1.165) is 23.5 Å². The molecule has 1 aromatic heterocycles. The molecule has 112 valence electrons. The van der Waals surface area contributed by atoms with Crippen molar-refractivity contribution in [1.82, 2.24) is 10.3 Å². The van der Waals surface area contributed by atoms with Crippen LogP contribution in [0.1, 0.15) is 32.0 Å². The van der Waals surface area contributed by atoms with Crippen molar-refractivity contribution < 1.29 is 5.11 Å². The monoisotopic (exact) mass is 277 g/mol. The van der Waals surface area contributed by atoms with Crippen molar-refractivity contribution >= 4 is 5.69 Å². The molecule has 0 saturated heterocycles. The first-order chi connectivity index (χ1) is 9.37. The number of nitrogens with zero attached hydrogens (tertiary/aromatic N) is 2. The molecular weight excluding hydrogens is 250 g/mol. The maximum Gasteiger partial charge on any atom is 0.0606 e. The van der Waals surface area contributed by atoms with E-state index in [1.807, 2.05) is 19.2 Å². The molecule has 1 heterocycles. The molecular formula is C16H27N3O. The van der Waals surface area contributed by atoms with Crippen LogP contribution in [0.5, 0.6) is 0 Å². The highest BCUT2D eigenvalue weighted by molar-refractivity contribution is 5.54. The molecule has 4 heteroatoms. The molecule has 0 aliphatic heterocycles. The van der Waals surface area contributed by atoms with Crippen molar-refractivity contribution in [2.45, 2.75) is 39.8 Å². The third-order valence-electron chi connectivity index (χ3n) is 2.97. The SMILES string of the molecule is C=CCN(CCO)c1cc(C)ncc1CNC(C)(C)C. The molecule has 0 spiro atoms. The average Bonchev–Trinajstić information content (AvgIpc) is 2.36. The summed E-state index contributed by atoms with van der Waals surface area (Å²) in [7, 11) is 0. The molecule has 0 radical (unpaired) electrons. The molecule has 0 bridgehead atoms. The minimum atomic E-state index is 0.0579. The van der Waals surface area contributed by atoms with E-state index in [9.17, 15) is 5.11 Å². The van der Waals surface area contributed by atoms with Crippen molar-refractivity contribution in [3.63, 3.8) is 0 Å². The Labute approximate surface area is 122 Å². The number of hydrogen-bond donors (Lipinski definition) is 2. The van der Waals surface area contributed by atoms with Crippen molar-refractivity contribution in [2.24, 2.45) is 0 Å². The van der Waals surface area contributed by atoms with Crippen LogP contribution in [0.25, 0.3) is 0 Å². The highest BCUT2D eigenvalue weighted by atomic mass is 16.3. The highest BCUT2D eigenvalue weighted by Gasteiger charge is 2.14. The summed E-state index contributed by atoms with van der Waals surface area (Å²) in [5.74, 6) is 0. The molecule has 0 atom stereocenters. The van der Waals surface area contributed by atoms with Crippen LogP contribution >= 0.6 is 0 Å². The summed E-state index contributed by atoms with van der Waals surface area (Å²) in [6.07, 6.45) is 3.77. The van der Waals surface area contributed by atoms with Gasteiger partial charge in [-0.3, -0.25) is 4.98 Å². The van der Waals surface area contributed by atoms with Crippen LogP contribution in [0, 0.1) is 6.92 Å². The third-order valence-corrected chi connectivity index (χ3v) is 2.97. The number of anilines is 1. The van der Waals surface area contributed by atoms with Gasteiger partial charge < -0.3 is 15.3 Å². The maximum atomic E-state index is 9.24. The van der Waals surface area contributed by atoms with Crippen LogP contribution < -0.4 is 10.2 Å². The van der Waals surface area contributed by atoms with Gasteiger partial charge in [-0.1, -0.05) is 6.08 Å². The van der Waals surface area contributed by atoms with E-state index in [1.165, 1.54) is 0 Å². The van der Waals surface area contributed by atoms with Crippen LogP contribution in [0.2, 0.25) is 0 Å². The number of aliphatic hydroxyl groups is 1. The van der Waals surface area contributed by atoms with Crippen molar-refractivity contribution in [3.05, 3.63) is 36.2 Å². The first-order valence-corrected chi connectivity index (χ1v) is 7.04. The van der Waals surface area contributed by atoms with Crippen LogP contribution in [-0.2, 0) is 6.54 Å².